The molecule has 2 N–H and O–H groups in total. The predicted octanol–water partition coefficient (Wildman–Crippen LogP) is 1.67. The highest BCUT2D eigenvalue weighted by atomic mass is 19.1. The van der Waals surface area contributed by atoms with E-state index in [1.165, 1.54) is 13.0 Å². The molecular weight excluding hydrogens is 403 g/mol. The number of carbonyl (C=O) groups is 1. The average Bonchev–Trinajstić information content (AvgIpc) is 3.17. The lowest BCUT2D eigenvalue weighted by Gasteiger charge is -2.29. The SMILES string of the molecule is CC(CF)(CF)n1cc(C(=O)O)c(=O)c2cc(F)c(N3CC4NCCO[C@H]4C3)cc21. The molecule has 2 saturated heterocycles. The van der Waals surface area contributed by atoms with Crippen LogP contribution in [0.5, 0.6) is 0 Å². The van der Waals surface area contributed by atoms with Gasteiger partial charge in [0.2, 0.25) is 5.43 Å². The van der Waals surface area contributed by atoms with Gasteiger partial charge < -0.3 is 24.6 Å². The molecule has 0 saturated carbocycles. The second-order valence-electron chi connectivity index (χ2n) is 8.01. The highest BCUT2D eigenvalue weighted by Gasteiger charge is 2.37. The molecule has 0 radical (unpaired) electrons. The summed E-state index contributed by atoms with van der Waals surface area (Å²) in [6, 6.07) is 2.33. The highest BCUT2D eigenvalue weighted by Crippen LogP contribution is 2.32. The minimum absolute atomic E-state index is 0.0207. The summed E-state index contributed by atoms with van der Waals surface area (Å²) in [4.78, 5) is 25.9. The van der Waals surface area contributed by atoms with Crippen LogP contribution >= 0.6 is 0 Å². The number of rotatable bonds is 5. The van der Waals surface area contributed by atoms with Crippen LogP contribution in [0.2, 0.25) is 0 Å². The maximum Gasteiger partial charge on any atom is 0.341 e. The molecule has 10 heteroatoms. The van der Waals surface area contributed by atoms with E-state index in [0.29, 0.717) is 26.2 Å². The number of alkyl halides is 2. The van der Waals surface area contributed by atoms with E-state index in [4.69, 9.17) is 4.74 Å². The summed E-state index contributed by atoms with van der Waals surface area (Å²) in [6.07, 6.45) is 0.815. The Kier molecular flexibility index (Phi) is 5.23. The van der Waals surface area contributed by atoms with Gasteiger partial charge in [0.1, 0.15) is 24.7 Å². The first kappa shape index (κ1) is 20.7. The quantitative estimate of drug-likeness (QED) is 0.759. The zero-order valence-electron chi connectivity index (χ0n) is 16.3. The van der Waals surface area contributed by atoms with E-state index in [0.717, 1.165) is 16.8 Å². The summed E-state index contributed by atoms with van der Waals surface area (Å²) < 4.78 is 49.4. The molecule has 2 aliphatic rings. The number of pyridine rings is 1. The molecule has 1 aromatic heterocycles. The number of benzene rings is 1. The Morgan fingerprint density at radius 3 is 2.70 bits per heavy atom. The van der Waals surface area contributed by atoms with Crippen LogP contribution in [0.1, 0.15) is 17.3 Å². The minimum Gasteiger partial charge on any atom is -0.477 e. The Morgan fingerprint density at radius 1 is 1.33 bits per heavy atom. The highest BCUT2D eigenvalue weighted by molar-refractivity contribution is 5.93. The Bertz CT molecular complexity index is 1040. The molecule has 1 aromatic carbocycles. The minimum atomic E-state index is -1.74. The molecule has 0 amide bonds. The van der Waals surface area contributed by atoms with E-state index in [2.05, 4.69) is 5.32 Å². The zero-order chi connectivity index (χ0) is 21.6. The normalized spacial score (nSPS) is 21.8. The monoisotopic (exact) mass is 425 g/mol. The largest absolute Gasteiger partial charge is 0.477 e. The summed E-state index contributed by atoms with van der Waals surface area (Å²) in [6.45, 7) is 1.12. The fourth-order valence-corrected chi connectivity index (χ4v) is 4.13. The molecule has 30 heavy (non-hydrogen) atoms. The number of hydrogen-bond donors (Lipinski definition) is 2. The number of nitrogens with one attached hydrogen (secondary N) is 1. The second-order valence-corrected chi connectivity index (χ2v) is 8.01. The number of hydrogen-bond acceptors (Lipinski definition) is 5. The van der Waals surface area contributed by atoms with E-state index in [-0.39, 0.29) is 28.7 Å². The number of anilines is 1. The van der Waals surface area contributed by atoms with Gasteiger partial charge in [-0.3, -0.25) is 4.79 Å². The van der Waals surface area contributed by atoms with Crippen molar-refractivity contribution in [1.82, 2.24) is 9.88 Å². The van der Waals surface area contributed by atoms with Gasteiger partial charge in [0.15, 0.2) is 0 Å². The number of nitrogens with zero attached hydrogens (tertiary/aromatic N) is 2. The van der Waals surface area contributed by atoms with Gasteiger partial charge in [-0.25, -0.2) is 18.0 Å². The predicted molar refractivity (Wildman–Crippen MR) is 104 cm³/mol. The van der Waals surface area contributed by atoms with Crippen LogP contribution in [-0.4, -0.2) is 67.4 Å². The van der Waals surface area contributed by atoms with Crippen molar-refractivity contribution in [3.63, 3.8) is 0 Å². The standard InChI is InChI=1S/C20H22F3N3O4/c1-20(9-21,10-22)26-6-12(19(28)29)18(27)11-4-13(23)16(5-15(11)26)25-7-14-17(8-25)30-3-2-24-14/h4-6,14,17,24H,2-3,7-10H2,1H3,(H,28,29)/t14?,17-/m0/s1. The Labute approximate surface area is 170 Å². The summed E-state index contributed by atoms with van der Waals surface area (Å²) in [5.41, 5.74) is -3.08. The third kappa shape index (κ3) is 3.24. The Balaban J connectivity index is 1.91. The molecule has 0 aliphatic carbocycles. The molecule has 2 atom stereocenters. The molecule has 0 spiro atoms. The van der Waals surface area contributed by atoms with Gasteiger partial charge >= 0.3 is 5.97 Å². The molecule has 1 unspecified atom stereocenters. The lowest BCUT2D eigenvalue weighted by Crippen LogP contribution is -2.47. The molecule has 0 bridgehead atoms. The van der Waals surface area contributed by atoms with Crippen molar-refractivity contribution in [3.8, 4) is 0 Å². The average molecular weight is 425 g/mol. The number of carboxylic acid groups (broad SMARTS) is 1. The van der Waals surface area contributed by atoms with E-state index >= 15 is 4.39 Å². The van der Waals surface area contributed by atoms with Crippen molar-refractivity contribution in [1.29, 1.82) is 0 Å². The zero-order valence-corrected chi connectivity index (χ0v) is 16.3. The molecule has 7 nitrogen and oxygen atoms in total. The van der Waals surface area contributed by atoms with Gasteiger partial charge in [-0.2, -0.15) is 0 Å². The smallest absolute Gasteiger partial charge is 0.341 e. The molecule has 2 fully saturated rings. The van der Waals surface area contributed by atoms with E-state index < -0.39 is 41.7 Å². The van der Waals surface area contributed by atoms with Crippen molar-refractivity contribution in [2.45, 2.75) is 24.6 Å². The van der Waals surface area contributed by atoms with Crippen molar-refractivity contribution >= 4 is 22.6 Å². The van der Waals surface area contributed by atoms with Crippen molar-refractivity contribution in [3.05, 3.63) is 39.9 Å². The van der Waals surface area contributed by atoms with E-state index in [1.54, 1.807) is 4.90 Å². The molecule has 4 rings (SSSR count). The van der Waals surface area contributed by atoms with E-state index in [1.807, 2.05) is 0 Å². The summed E-state index contributed by atoms with van der Waals surface area (Å²) >= 11 is 0. The molecule has 2 aromatic rings. The number of fused-ring (bicyclic) bond motifs is 2. The van der Waals surface area contributed by atoms with Crippen LogP contribution in [0.4, 0.5) is 18.9 Å². The second kappa shape index (κ2) is 7.59. The van der Waals surface area contributed by atoms with Crippen LogP contribution in [0.3, 0.4) is 0 Å². The van der Waals surface area contributed by atoms with Crippen molar-refractivity contribution < 1.29 is 27.8 Å². The molecular formula is C20H22F3N3O4. The lowest BCUT2D eigenvalue weighted by molar-refractivity contribution is 0.0212. The first-order valence-electron chi connectivity index (χ1n) is 9.63. The number of halogens is 3. The fraction of sp³-hybridized carbons (Fsp3) is 0.500. The fourth-order valence-electron chi connectivity index (χ4n) is 4.13. The van der Waals surface area contributed by atoms with Gasteiger partial charge in [-0.1, -0.05) is 0 Å². The van der Waals surface area contributed by atoms with Gasteiger partial charge in [-0.05, 0) is 19.1 Å². The number of ether oxygens (including phenoxy) is 1. The summed E-state index contributed by atoms with van der Waals surface area (Å²) in [7, 11) is 0. The van der Waals surface area contributed by atoms with Crippen molar-refractivity contribution in [2.75, 3.05) is 44.5 Å². The van der Waals surface area contributed by atoms with Gasteiger partial charge in [-0.15, -0.1) is 0 Å². The molecule has 3 heterocycles. The third-order valence-electron chi connectivity index (χ3n) is 5.91. The number of aromatic carboxylic acids is 1. The van der Waals surface area contributed by atoms with Crippen LogP contribution in [0.15, 0.2) is 23.1 Å². The van der Waals surface area contributed by atoms with Crippen LogP contribution in [0, 0.1) is 5.82 Å². The van der Waals surface area contributed by atoms with Crippen LogP contribution in [-0.2, 0) is 10.3 Å². The van der Waals surface area contributed by atoms with Gasteiger partial charge in [0.25, 0.3) is 0 Å². The topological polar surface area (TPSA) is 83.8 Å². The first-order chi connectivity index (χ1) is 14.3. The number of carboxylic acids is 1. The van der Waals surface area contributed by atoms with Crippen molar-refractivity contribution in [2.24, 2.45) is 0 Å². The van der Waals surface area contributed by atoms with E-state index in [9.17, 15) is 23.5 Å². The van der Waals surface area contributed by atoms with Crippen LogP contribution in [0.25, 0.3) is 10.9 Å². The summed E-state index contributed by atoms with van der Waals surface area (Å²) in [5, 5.41) is 12.4. The summed E-state index contributed by atoms with van der Waals surface area (Å²) in [5.74, 6) is -2.26. The molecule has 162 valence electrons. The maximum absolute atomic E-state index is 15.0. The van der Waals surface area contributed by atoms with Gasteiger partial charge in [0, 0.05) is 31.2 Å². The number of morpholine rings is 1. The third-order valence-corrected chi connectivity index (χ3v) is 5.91. The lowest BCUT2D eigenvalue weighted by atomic mass is 10.0. The van der Waals surface area contributed by atoms with Gasteiger partial charge in [0.05, 0.1) is 35.5 Å². The molecule has 2 aliphatic heterocycles. The maximum atomic E-state index is 15.0. The Morgan fingerprint density at radius 2 is 2.07 bits per heavy atom. The first-order valence-corrected chi connectivity index (χ1v) is 9.63. The Hall–Kier alpha value is -2.59. The van der Waals surface area contributed by atoms with Crippen LogP contribution < -0.4 is 15.6 Å². The number of aromatic nitrogens is 1.